The van der Waals surface area contributed by atoms with Crippen LogP contribution in [0, 0.1) is 11.2 Å². The van der Waals surface area contributed by atoms with Gasteiger partial charge in [-0.15, -0.1) is 12.4 Å². The maximum atomic E-state index is 13.8. The lowest BCUT2D eigenvalue weighted by Crippen LogP contribution is -2.48. The molecule has 0 saturated carbocycles. The Bertz CT molecular complexity index is 522. The molecule has 1 saturated heterocycles. The van der Waals surface area contributed by atoms with Crippen LogP contribution in [0.2, 0.25) is 0 Å². The molecule has 0 aliphatic carbocycles. The highest BCUT2D eigenvalue weighted by Gasteiger charge is 2.38. The number of hydrogen-bond donors (Lipinski definition) is 2. The van der Waals surface area contributed by atoms with Gasteiger partial charge in [-0.2, -0.15) is 0 Å². The predicted octanol–water partition coefficient (Wildman–Crippen LogP) is 2.02. The number of nitrogens with two attached hydrogens (primary N) is 1. The number of carbonyl (C=O) groups is 1. The SMILES string of the molecule is CCOc1ccc(CNC(=O)C2(CN)CCOCC2)cc1F.Cl. The van der Waals surface area contributed by atoms with Gasteiger partial charge in [0, 0.05) is 26.3 Å². The first-order valence-electron chi connectivity index (χ1n) is 7.58. The molecule has 1 amide bonds. The van der Waals surface area contributed by atoms with Crippen LogP contribution in [0.15, 0.2) is 18.2 Å². The summed E-state index contributed by atoms with van der Waals surface area (Å²) < 4.78 is 24.2. The summed E-state index contributed by atoms with van der Waals surface area (Å²) in [5.41, 5.74) is 5.91. The second-order valence-electron chi connectivity index (χ2n) is 5.48. The van der Waals surface area contributed by atoms with E-state index in [9.17, 15) is 9.18 Å². The Labute approximate surface area is 142 Å². The van der Waals surface area contributed by atoms with Crippen molar-refractivity contribution in [2.45, 2.75) is 26.3 Å². The number of carbonyl (C=O) groups excluding carboxylic acids is 1. The molecule has 5 nitrogen and oxygen atoms in total. The van der Waals surface area contributed by atoms with Gasteiger partial charge in [0.2, 0.25) is 5.91 Å². The maximum Gasteiger partial charge on any atom is 0.227 e. The van der Waals surface area contributed by atoms with Crippen LogP contribution in [0.4, 0.5) is 4.39 Å². The van der Waals surface area contributed by atoms with Gasteiger partial charge in [0.25, 0.3) is 0 Å². The average Bonchev–Trinajstić information content (AvgIpc) is 2.55. The van der Waals surface area contributed by atoms with E-state index in [1.807, 2.05) is 0 Å². The maximum absolute atomic E-state index is 13.8. The number of benzene rings is 1. The summed E-state index contributed by atoms with van der Waals surface area (Å²) in [6.45, 7) is 3.86. The van der Waals surface area contributed by atoms with Crippen molar-refractivity contribution in [2.24, 2.45) is 11.1 Å². The highest BCUT2D eigenvalue weighted by molar-refractivity contribution is 5.85. The largest absolute Gasteiger partial charge is 0.491 e. The Balaban J connectivity index is 0.00000264. The summed E-state index contributed by atoms with van der Waals surface area (Å²) in [5.74, 6) is -0.291. The van der Waals surface area contributed by atoms with Crippen molar-refractivity contribution < 1.29 is 18.7 Å². The number of halogens is 2. The molecule has 1 aromatic carbocycles. The third-order valence-corrected chi connectivity index (χ3v) is 4.07. The first kappa shape index (κ1) is 19.7. The first-order chi connectivity index (χ1) is 10.6. The Morgan fingerprint density at radius 1 is 1.43 bits per heavy atom. The summed E-state index contributed by atoms with van der Waals surface area (Å²) in [6.07, 6.45) is 1.24. The van der Waals surface area contributed by atoms with Gasteiger partial charge >= 0.3 is 0 Å². The molecule has 0 bridgehead atoms. The van der Waals surface area contributed by atoms with E-state index in [0.29, 0.717) is 44.8 Å². The monoisotopic (exact) mass is 346 g/mol. The summed E-state index contributed by atoms with van der Waals surface area (Å²) in [7, 11) is 0. The molecule has 0 aromatic heterocycles. The fraction of sp³-hybridized carbons (Fsp3) is 0.562. The van der Waals surface area contributed by atoms with Crippen LogP contribution in [0.5, 0.6) is 5.75 Å². The third-order valence-electron chi connectivity index (χ3n) is 4.07. The molecule has 1 aromatic rings. The van der Waals surface area contributed by atoms with Gasteiger partial charge in [0.05, 0.1) is 12.0 Å². The van der Waals surface area contributed by atoms with E-state index in [0.717, 1.165) is 0 Å². The highest BCUT2D eigenvalue weighted by atomic mass is 35.5. The van der Waals surface area contributed by atoms with E-state index < -0.39 is 11.2 Å². The van der Waals surface area contributed by atoms with Crippen LogP contribution in [-0.2, 0) is 16.1 Å². The quantitative estimate of drug-likeness (QED) is 0.826. The molecule has 0 atom stereocenters. The molecule has 1 heterocycles. The van der Waals surface area contributed by atoms with E-state index in [1.165, 1.54) is 6.07 Å². The second kappa shape index (κ2) is 9.05. The smallest absolute Gasteiger partial charge is 0.227 e. The molecule has 0 spiro atoms. The Morgan fingerprint density at radius 2 is 2.13 bits per heavy atom. The average molecular weight is 347 g/mol. The lowest BCUT2D eigenvalue weighted by molar-refractivity contribution is -0.136. The van der Waals surface area contributed by atoms with Crippen molar-refractivity contribution in [3.05, 3.63) is 29.6 Å². The van der Waals surface area contributed by atoms with E-state index in [2.05, 4.69) is 5.32 Å². The van der Waals surface area contributed by atoms with Crippen LogP contribution in [0.1, 0.15) is 25.3 Å². The summed E-state index contributed by atoms with van der Waals surface area (Å²) in [4.78, 5) is 12.4. The minimum atomic E-state index is -0.567. The van der Waals surface area contributed by atoms with Crippen LogP contribution < -0.4 is 15.8 Å². The Kier molecular flexibility index (Phi) is 7.75. The van der Waals surface area contributed by atoms with Crippen LogP contribution in [0.25, 0.3) is 0 Å². The number of amides is 1. The van der Waals surface area contributed by atoms with Crippen LogP contribution >= 0.6 is 12.4 Å². The minimum Gasteiger partial charge on any atom is -0.491 e. The topological polar surface area (TPSA) is 73.6 Å². The molecule has 2 rings (SSSR count). The number of rotatable bonds is 6. The molecule has 3 N–H and O–H groups in total. The highest BCUT2D eigenvalue weighted by Crippen LogP contribution is 2.29. The molecular weight excluding hydrogens is 323 g/mol. The van der Waals surface area contributed by atoms with Gasteiger partial charge in [-0.25, -0.2) is 4.39 Å². The molecule has 1 fully saturated rings. The van der Waals surface area contributed by atoms with Gasteiger partial charge in [0.15, 0.2) is 11.6 Å². The van der Waals surface area contributed by atoms with Crippen molar-refractivity contribution in [1.82, 2.24) is 5.32 Å². The summed E-state index contributed by atoms with van der Waals surface area (Å²) >= 11 is 0. The molecule has 1 aliphatic rings. The van der Waals surface area contributed by atoms with Crippen molar-refractivity contribution >= 4 is 18.3 Å². The fourth-order valence-corrected chi connectivity index (χ4v) is 2.58. The molecule has 7 heteroatoms. The number of hydrogen-bond acceptors (Lipinski definition) is 4. The summed E-state index contributed by atoms with van der Waals surface area (Å²) in [5, 5.41) is 2.86. The zero-order valence-corrected chi connectivity index (χ0v) is 14.1. The lowest BCUT2D eigenvalue weighted by atomic mass is 9.79. The van der Waals surface area contributed by atoms with E-state index in [-0.39, 0.29) is 30.6 Å². The van der Waals surface area contributed by atoms with Gasteiger partial charge in [-0.3, -0.25) is 4.79 Å². The first-order valence-corrected chi connectivity index (χ1v) is 7.58. The molecule has 0 unspecified atom stereocenters. The van der Waals surface area contributed by atoms with Gasteiger partial charge in [0.1, 0.15) is 0 Å². The van der Waals surface area contributed by atoms with Gasteiger partial charge < -0.3 is 20.5 Å². The lowest BCUT2D eigenvalue weighted by Gasteiger charge is -2.34. The van der Waals surface area contributed by atoms with E-state index >= 15 is 0 Å². The van der Waals surface area contributed by atoms with E-state index in [1.54, 1.807) is 19.1 Å². The van der Waals surface area contributed by atoms with Crippen molar-refractivity contribution in [3.63, 3.8) is 0 Å². The summed E-state index contributed by atoms with van der Waals surface area (Å²) in [6, 6.07) is 4.70. The van der Waals surface area contributed by atoms with Crippen molar-refractivity contribution in [3.8, 4) is 5.75 Å². The minimum absolute atomic E-state index is 0. The standard InChI is InChI=1S/C16H23FN2O3.ClH/c1-2-22-14-4-3-12(9-13(14)17)10-19-15(20)16(11-18)5-7-21-8-6-16;/h3-4,9H,2,5-8,10-11,18H2,1H3,(H,19,20);1H. The fourth-order valence-electron chi connectivity index (χ4n) is 2.58. The van der Waals surface area contributed by atoms with Gasteiger partial charge in [-0.1, -0.05) is 6.07 Å². The second-order valence-corrected chi connectivity index (χ2v) is 5.48. The molecule has 23 heavy (non-hydrogen) atoms. The number of nitrogens with one attached hydrogen (secondary N) is 1. The van der Waals surface area contributed by atoms with Crippen molar-refractivity contribution in [2.75, 3.05) is 26.4 Å². The number of ether oxygens (including phenoxy) is 2. The predicted molar refractivity (Wildman–Crippen MR) is 88.2 cm³/mol. The third kappa shape index (κ3) is 4.80. The molecule has 130 valence electrons. The Morgan fingerprint density at radius 3 is 2.70 bits per heavy atom. The van der Waals surface area contributed by atoms with Crippen molar-refractivity contribution in [1.29, 1.82) is 0 Å². The van der Waals surface area contributed by atoms with Crippen LogP contribution in [-0.4, -0.2) is 32.3 Å². The normalized spacial score (nSPS) is 16.3. The zero-order valence-electron chi connectivity index (χ0n) is 13.3. The Hall–Kier alpha value is -1.37. The van der Waals surface area contributed by atoms with Gasteiger partial charge in [-0.05, 0) is 37.5 Å². The zero-order chi connectivity index (χ0) is 16.0. The molecule has 1 aliphatic heterocycles. The molecular formula is C16H24ClFN2O3. The molecule has 0 radical (unpaired) electrons. The van der Waals surface area contributed by atoms with E-state index in [4.69, 9.17) is 15.2 Å². The van der Waals surface area contributed by atoms with Crippen LogP contribution in [0.3, 0.4) is 0 Å².